The third-order valence-corrected chi connectivity index (χ3v) is 5.83. The van der Waals surface area contributed by atoms with Gasteiger partial charge in [0, 0.05) is 5.56 Å². The molecule has 188 valence electrons. The average Bonchev–Trinajstić information content (AvgIpc) is 2.91. The minimum atomic E-state index is -0.0897. The summed E-state index contributed by atoms with van der Waals surface area (Å²) in [4.78, 5) is 12.6. The van der Waals surface area contributed by atoms with Crippen LogP contribution in [0.4, 0.5) is 0 Å². The standard InChI is InChI=1S/C29H29ClO6/c1-32-23-13-11-20(12-14-23)25(31)8-6-7-21-18-26(33-2)24(30)17-22(21)10-9-19-15-27(34-3)29(36-5)28(16-19)35-4/h6,8-18H,7H2,1-5H3/b8-6-,10-9-. The van der Waals surface area contributed by atoms with Crippen molar-refractivity contribution in [3.05, 3.63) is 88.0 Å². The first-order valence-corrected chi connectivity index (χ1v) is 11.5. The monoisotopic (exact) mass is 508 g/mol. The number of hydrogen-bond donors (Lipinski definition) is 0. The fourth-order valence-corrected chi connectivity index (χ4v) is 3.88. The van der Waals surface area contributed by atoms with Gasteiger partial charge in [0.05, 0.1) is 40.6 Å². The van der Waals surface area contributed by atoms with E-state index in [9.17, 15) is 4.79 Å². The highest BCUT2D eigenvalue weighted by Crippen LogP contribution is 2.39. The molecule has 0 saturated heterocycles. The predicted octanol–water partition coefficient (Wildman–Crippen LogP) is 6.54. The lowest BCUT2D eigenvalue weighted by atomic mass is 10.0. The van der Waals surface area contributed by atoms with Gasteiger partial charge in [0.1, 0.15) is 11.5 Å². The molecular weight excluding hydrogens is 480 g/mol. The lowest BCUT2D eigenvalue weighted by molar-refractivity contribution is 0.104. The van der Waals surface area contributed by atoms with Crippen molar-refractivity contribution in [3.63, 3.8) is 0 Å². The number of carbonyl (C=O) groups is 1. The first-order chi connectivity index (χ1) is 17.4. The van der Waals surface area contributed by atoms with Gasteiger partial charge in [-0.1, -0.05) is 29.8 Å². The van der Waals surface area contributed by atoms with Gasteiger partial charge in [-0.2, -0.15) is 0 Å². The van der Waals surface area contributed by atoms with E-state index in [1.54, 1.807) is 65.9 Å². The van der Waals surface area contributed by atoms with E-state index in [4.69, 9.17) is 35.3 Å². The summed E-state index contributed by atoms with van der Waals surface area (Å²) in [5, 5.41) is 0.490. The number of methoxy groups -OCH3 is 5. The zero-order valence-corrected chi connectivity index (χ0v) is 21.7. The molecule has 0 bridgehead atoms. The maximum Gasteiger partial charge on any atom is 0.203 e. The number of ketones is 1. The van der Waals surface area contributed by atoms with Gasteiger partial charge in [-0.05, 0) is 77.7 Å². The van der Waals surface area contributed by atoms with E-state index in [-0.39, 0.29) is 5.78 Å². The van der Waals surface area contributed by atoms with Crippen LogP contribution in [0.15, 0.2) is 60.7 Å². The van der Waals surface area contributed by atoms with E-state index >= 15 is 0 Å². The first kappa shape index (κ1) is 26.7. The molecule has 0 spiro atoms. The molecule has 0 aliphatic rings. The summed E-state index contributed by atoms with van der Waals surface area (Å²) in [6, 6.07) is 14.4. The van der Waals surface area contributed by atoms with E-state index < -0.39 is 0 Å². The maximum absolute atomic E-state index is 12.6. The Morgan fingerprint density at radius 1 is 0.778 bits per heavy atom. The van der Waals surface area contributed by atoms with Gasteiger partial charge < -0.3 is 23.7 Å². The van der Waals surface area contributed by atoms with E-state index in [1.165, 1.54) is 0 Å². The number of benzene rings is 3. The number of halogens is 1. The molecule has 0 amide bonds. The molecule has 6 nitrogen and oxygen atoms in total. The summed E-state index contributed by atoms with van der Waals surface area (Å²) >= 11 is 6.41. The highest BCUT2D eigenvalue weighted by Gasteiger charge is 2.13. The van der Waals surface area contributed by atoms with Crippen LogP contribution in [0.3, 0.4) is 0 Å². The lowest BCUT2D eigenvalue weighted by Crippen LogP contribution is -1.96. The SMILES string of the molecule is COc1ccc(C(=O)/C=C\Cc2cc(OC)c(Cl)cc2/C=C\c2cc(OC)c(OC)c(OC)c2)cc1. The van der Waals surface area contributed by atoms with Crippen molar-refractivity contribution in [1.82, 2.24) is 0 Å². The molecular formula is C29H29ClO6. The van der Waals surface area contributed by atoms with Crippen LogP contribution in [0.5, 0.6) is 28.7 Å². The Kier molecular flexibility index (Phi) is 9.42. The van der Waals surface area contributed by atoms with Crippen LogP contribution in [-0.4, -0.2) is 41.3 Å². The minimum Gasteiger partial charge on any atom is -0.497 e. The summed E-state index contributed by atoms with van der Waals surface area (Å²) < 4.78 is 26.8. The van der Waals surface area contributed by atoms with Gasteiger partial charge in [-0.15, -0.1) is 0 Å². The number of carbonyl (C=O) groups excluding carboxylic acids is 1. The second-order valence-electron chi connectivity index (χ2n) is 7.68. The average molecular weight is 509 g/mol. The number of hydrogen-bond acceptors (Lipinski definition) is 6. The van der Waals surface area contributed by atoms with Crippen molar-refractivity contribution >= 4 is 29.5 Å². The van der Waals surface area contributed by atoms with Crippen LogP contribution >= 0.6 is 11.6 Å². The molecule has 0 N–H and O–H groups in total. The van der Waals surface area contributed by atoms with E-state index in [0.29, 0.717) is 45.8 Å². The fraction of sp³-hybridized carbons (Fsp3) is 0.207. The molecule has 3 rings (SSSR count). The zero-order valence-electron chi connectivity index (χ0n) is 21.0. The van der Waals surface area contributed by atoms with E-state index in [2.05, 4.69) is 0 Å². The van der Waals surface area contributed by atoms with Crippen LogP contribution in [-0.2, 0) is 6.42 Å². The third kappa shape index (κ3) is 6.40. The molecule has 0 aliphatic carbocycles. The molecule has 0 atom stereocenters. The number of allylic oxidation sites excluding steroid dienone is 2. The van der Waals surface area contributed by atoms with Crippen molar-refractivity contribution in [3.8, 4) is 28.7 Å². The highest BCUT2D eigenvalue weighted by molar-refractivity contribution is 6.32. The quantitative estimate of drug-likeness (QED) is 0.166. The minimum absolute atomic E-state index is 0.0897. The van der Waals surface area contributed by atoms with Gasteiger partial charge >= 0.3 is 0 Å². The zero-order chi connectivity index (χ0) is 26.1. The summed E-state index contributed by atoms with van der Waals surface area (Å²) in [5.74, 6) is 2.82. The Hall–Kier alpha value is -3.90. The molecule has 7 heteroatoms. The largest absolute Gasteiger partial charge is 0.497 e. The van der Waals surface area contributed by atoms with Crippen molar-refractivity contribution in [2.24, 2.45) is 0 Å². The summed E-state index contributed by atoms with van der Waals surface area (Å²) in [6.45, 7) is 0. The van der Waals surface area contributed by atoms with Crippen molar-refractivity contribution in [2.75, 3.05) is 35.5 Å². The first-order valence-electron chi connectivity index (χ1n) is 11.1. The van der Waals surface area contributed by atoms with Crippen LogP contribution in [0.2, 0.25) is 5.02 Å². The summed E-state index contributed by atoms with van der Waals surface area (Å²) in [7, 11) is 7.87. The van der Waals surface area contributed by atoms with Gasteiger partial charge in [-0.3, -0.25) is 4.79 Å². The molecule has 0 fully saturated rings. The number of rotatable bonds is 11. The van der Waals surface area contributed by atoms with Gasteiger partial charge in [0.25, 0.3) is 0 Å². The second-order valence-corrected chi connectivity index (χ2v) is 8.08. The Bertz CT molecular complexity index is 1240. The van der Waals surface area contributed by atoms with Crippen LogP contribution in [0.1, 0.15) is 27.0 Å². The molecule has 3 aromatic rings. The smallest absolute Gasteiger partial charge is 0.203 e. The van der Waals surface area contributed by atoms with Crippen molar-refractivity contribution in [2.45, 2.75) is 6.42 Å². The van der Waals surface area contributed by atoms with Crippen molar-refractivity contribution in [1.29, 1.82) is 0 Å². The van der Waals surface area contributed by atoms with Crippen molar-refractivity contribution < 1.29 is 28.5 Å². The third-order valence-electron chi connectivity index (χ3n) is 5.54. The molecule has 3 aromatic carbocycles. The van der Waals surface area contributed by atoms with E-state index in [0.717, 1.165) is 16.7 Å². The van der Waals surface area contributed by atoms with Gasteiger partial charge in [-0.25, -0.2) is 0 Å². The molecule has 0 unspecified atom stereocenters. The normalized spacial score (nSPS) is 11.1. The summed E-state index contributed by atoms with van der Waals surface area (Å²) in [6.07, 6.45) is 7.77. The van der Waals surface area contributed by atoms with Crippen LogP contribution < -0.4 is 23.7 Å². The molecule has 0 heterocycles. The molecule has 0 aromatic heterocycles. The number of ether oxygens (including phenoxy) is 5. The lowest BCUT2D eigenvalue weighted by Gasteiger charge is -2.13. The Morgan fingerprint density at radius 2 is 1.42 bits per heavy atom. The topological polar surface area (TPSA) is 63.2 Å². The fourth-order valence-electron chi connectivity index (χ4n) is 3.63. The molecule has 0 aliphatic heterocycles. The molecule has 0 radical (unpaired) electrons. The Balaban J connectivity index is 1.88. The highest BCUT2D eigenvalue weighted by atomic mass is 35.5. The van der Waals surface area contributed by atoms with Crippen LogP contribution in [0, 0.1) is 0 Å². The predicted molar refractivity (Wildman–Crippen MR) is 143 cm³/mol. The Labute approximate surface area is 216 Å². The van der Waals surface area contributed by atoms with Crippen LogP contribution in [0.25, 0.3) is 12.2 Å². The second kappa shape index (κ2) is 12.7. The Morgan fingerprint density at radius 3 is 1.97 bits per heavy atom. The summed E-state index contributed by atoms with van der Waals surface area (Å²) in [5.41, 5.74) is 3.27. The van der Waals surface area contributed by atoms with Gasteiger partial charge in [0.15, 0.2) is 17.3 Å². The van der Waals surface area contributed by atoms with Gasteiger partial charge in [0.2, 0.25) is 5.75 Å². The van der Waals surface area contributed by atoms with E-state index in [1.807, 2.05) is 42.5 Å². The maximum atomic E-state index is 12.6. The molecule has 36 heavy (non-hydrogen) atoms. The molecule has 0 saturated carbocycles.